The van der Waals surface area contributed by atoms with E-state index in [0.717, 1.165) is 11.4 Å². The number of thioether (sulfide) groups is 1. The van der Waals surface area contributed by atoms with Crippen LogP contribution in [0.15, 0.2) is 47.9 Å². The van der Waals surface area contributed by atoms with Gasteiger partial charge in [-0.15, -0.1) is 11.8 Å². The molecule has 0 fully saturated rings. The summed E-state index contributed by atoms with van der Waals surface area (Å²) >= 11 is 7.78. The van der Waals surface area contributed by atoms with E-state index >= 15 is 0 Å². The van der Waals surface area contributed by atoms with Crippen molar-refractivity contribution in [1.29, 1.82) is 0 Å². The van der Waals surface area contributed by atoms with Crippen LogP contribution in [0.25, 0.3) is 0 Å². The van der Waals surface area contributed by atoms with Gasteiger partial charge in [0.1, 0.15) is 0 Å². The Kier molecular flexibility index (Phi) is 4.58. The molecular formula is C15H19ClN2S. The first kappa shape index (κ1) is 14.5. The van der Waals surface area contributed by atoms with E-state index in [1.807, 2.05) is 42.6 Å². The van der Waals surface area contributed by atoms with Crippen molar-refractivity contribution >= 4 is 23.4 Å². The number of hydrogen-bond donors (Lipinski definition) is 0. The van der Waals surface area contributed by atoms with Crippen LogP contribution in [0.1, 0.15) is 32.6 Å². The Morgan fingerprint density at radius 3 is 2.47 bits per heavy atom. The van der Waals surface area contributed by atoms with Crippen molar-refractivity contribution in [3.05, 3.63) is 48.0 Å². The minimum Gasteiger partial charge on any atom is -0.325 e. The summed E-state index contributed by atoms with van der Waals surface area (Å²) in [6, 6.07) is 8.01. The third kappa shape index (κ3) is 4.59. The third-order valence-electron chi connectivity index (χ3n) is 2.73. The quantitative estimate of drug-likeness (QED) is 0.716. The fourth-order valence-electron chi connectivity index (χ4n) is 1.84. The monoisotopic (exact) mass is 294 g/mol. The first-order valence-electron chi connectivity index (χ1n) is 6.34. The van der Waals surface area contributed by atoms with Gasteiger partial charge < -0.3 is 4.57 Å². The molecule has 1 aromatic carbocycles. The molecule has 0 aliphatic rings. The van der Waals surface area contributed by atoms with E-state index < -0.39 is 0 Å². The van der Waals surface area contributed by atoms with Crippen molar-refractivity contribution in [2.24, 2.45) is 5.41 Å². The predicted octanol–water partition coefficient (Wildman–Crippen LogP) is 5.26. The zero-order valence-corrected chi connectivity index (χ0v) is 13.1. The van der Waals surface area contributed by atoms with Gasteiger partial charge in [-0.2, -0.15) is 0 Å². The van der Waals surface area contributed by atoms with Crippen molar-refractivity contribution in [3.63, 3.8) is 0 Å². The molecule has 4 heteroatoms. The number of benzene rings is 1. The Hall–Kier alpha value is -0.930. The molecule has 102 valence electrons. The summed E-state index contributed by atoms with van der Waals surface area (Å²) in [5.41, 5.74) is 0.272. The Labute approximate surface area is 124 Å². The molecule has 2 nitrogen and oxygen atoms in total. The van der Waals surface area contributed by atoms with Crippen LogP contribution in [0.3, 0.4) is 0 Å². The molecule has 2 rings (SSSR count). The van der Waals surface area contributed by atoms with E-state index in [0.29, 0.717) is 5.37 Å². The Morgan fingerprint density at radius 2 is 1.95 bits per heavy atom. The molecule has 0 saturated heterocycles. The minimum atomic E-state index is 0.272. The summed E-state index contributed by atoms with van der Waals surface area (Å²) in [4.78, 5) is 5.39. The molecule has 1 unspecified atom stereocenters. The Morgan fingerprint density at radius 1 is 1.26 bits per heavy atom. The van der Waals surface area contributed by atoms with E-state index in [9.17, 15) is 0 Å². The van der Waals surface area contributed by atoms with Crippen LogP contribution >= 0.6 is 23.4 Å². The highest BCUT2D eigenvalue weighted by Crippen LogP contribution is 2.39. The lowest BCUT2D eigenvalue weighted by molar-refractivity contribution is 0.345. The normalized spacial score (nSPS) is 13.5. The molecule has 1 atom stereocenters. The van der Waals surface area contributed by atoms with Gasteiger partial charge >= 0.3 is 0 Å². The molecule has 0 spiro atoms. The van der Waals surface area contributed by atoms with Gasteiger partial charge in [0, 0.05) is 22.3 Å². The third-order valence-corrected chi connectivity index (χ3v) is 4.21. The average molecular weight is 295 g/mol. The van der Waals surface area contributed by atoms with Gasteiger partial charge in [0.25, 0.3) is 0 Å². The van der Waals surface area contributed by atoms with Crippen molar-refractivity contribution in [1.82, 2.24) is 9.55 Å². The SMILES string of the molecule is CC(C)(C)CC(Sc1ccc(Cl)cc1)n1ccnc1. The zero-order valence-electron chi connectivity index (χ0n) is 11.5. The summed E-state index contributed by atoms with van der Waals surface area (Å²) < 4.78 is 2.17. The lowest BCUT2D eigenvalue weighted by Gasteiger charge is -2.26. The lowest BCUT2D eigenvalue weighted by atomic mass is 9.92. The largest absolute Gasteiger partial charge is 0.325 e. The molecule has 0 saturated carbocycles. The van der Waals surface area contributed by atoms with Gasteiger partial charge in [-0.1, -0.05) is 32.4 Å². The minimum absolute atomic E-state index is 0.272. The molecule has 1 aromatic heterocycles. The molecule has 2 aromatic rings. The number of imidazole rings is 1. The fourth-order valence-corrected chi connectivity index (χ4v) is 3.40. The Bertz CT molecular complexity index is 500. The molecule has 0 aliphatic carbocycles. The Balaban J connectivity index is 2.16. The predicted molar refractivity (Wildman–Crippen MR) is 82.6 cm³/mol. The van der Waals surface area contributed by atoms with Crippen LogP contribution in [0, 0.1) is 5.41 Å². The van der Waals surface area contributed by atoms with Gasteiger partial charge in [-0.05, 0) is 36.1 Å². The smallest absolute Gasteiger partial charge is 0.0955 e. The van der Waals surface area contributed by atoms with Crippen molar-refractivity contribution in [2.45, 2.75) is 37.5 Å². The van der Waals surface area contributed by atoms with Crippen LogP contribution in [-0.4, -0.2) is 9.55 Å². The number of hydrogen-bond acceptors (Lipinski definition) is 2. The second kappa shape index (κ2) is 6.02. The maximum absolute atomic E-state index is 5.93. The van der Waals surface area contributed by atoms with Crippen LogP contribution < -0.4 is 0 Å². The highest BCUT2D eigenvalue weighted by molar-refractivity contribution is 7.99. The highest BCUT2D eigenvalue weighted by atomic mass is 35.5. The lowest BCUT2D eigenvalue weighted by Crippen LogP contribution is -2.14. The maximum Gasteiger partial charge on any atom is 0.0955 e. The van der Waals surface area contributed by atoms with Crippen LogP contribution in [-0.2, 0) is 0 Å². The molecule has 0 aliphatic heterocycles. The first-order valence-corrected chi connectivity index (χ1v) is 7.59. The van der Waals surface area contributed by atoms with Gasteiger partial charge in [0.2, 0.25) is 0 Å². The molecule has 0 bridgehead atoms. The summed E-state index contributed by atoms with van der Waals surface area (Å²) in [5.74, 6) is 0. The van der Waals surface area contributed by atoms with Crippen LogP contribution in [0.2, 0.25) is 5.02 Å². The second-order valence-electron chi connectivity index (χ2n) is 5.80. The van der Waals surface area contributed by atoms with Gasteiger partial charge in [0.15, 0.2) is 0 Å². The van der Waals surface area contributed by atoms with E-state index in [1.165, 1.54) is 4.90 Å². The fraction of sp³-hybridized carbons (Fsp3) is 0.400. The standard InChI is InChI=1S/C15H19ClN2S/c1-15(2,3)10-14(18-9-8-17-11-18)19-13-6-4-12(16)5-7-13/h4-9,11,14H,10H2,1-3H3. The van der Waals surface area contributed by atoms with Crippen LogP contribution in [0.4, 0.5) is 0 Å². The highest BCUT2D eigenvalue weighted by Gasteiger charge is 2.20. The number of rotatable bonds is 4. The summed E-state index contributed by atoms with van der Waals surface area (Å²) in [7, 11) is 0. The number of halogens is 1. The van der Waals surface area contributed by atoms with E-state index in [2.05, 4.69) is 42.5 Å². The van der Waals surface area contributed by atoms with Gasteiger partial charge in [-0.3, -0.25) is 0 Å². The molecule has 19 heavy (non-hydrogen) atoms. The summed E-state index contributed by atoms with van der Waals surface area (Å²) in [5, 5.41) is 1.13. The maximum atomic E-state index is 5.93. The molecule has 0 radical (unpaired) electrons. The van der Waals surface area contributed by atoms with E-state index in [4.69, 9.17) is 11.6 Å². The molecular weight excluding hydrogens is 276 g/mol. The molecule has 0 N–H and O–H groups in total. The van der Waals surface area contributed by atoms with Gasteiger partial charge in [0.05, 0.1) is 11.7 Å². The molecule has 0 amide bonds. The summed E-state index contributed by atoms with van der Waals surface area (Å²) in [6.07, 6.45) is 6.83. The van der Waals surface area contributed by atoms with Crippen molar-refractivity contribution < 1.29 is 0 Å². The van der Waals surface area contributed by atoms with Crippen molar-refractivity contribution in [2.75, 3.05) is 0 Å². The van der Waals surface area contributed by atoms with E-state index in [1.54, 1.807) is 0 Å². The summed E-state index contributed by atoms with van der Waals surface area (Å²) in [6.45, 7) is 6.79. The van der Waals surface area contributed by atoms with Crippen LogP contribution in [0.5, 0.6) is 0 Å². The zero-order chi connectivity index (χ0) is 13.9. The second-order valence-corrected chi connectivity index (χ2v) is 7.49. The topological polar surface area (TPSA) is 17.8 Å². The average Bonchev–Trinajstić information content (AvgIpc) is 2.83. The molecule has 1 heterocycles. The first-order chi connectivity index (χ1) is 8.94. The number of nitrogens with zero attached hydrogens (tertiary/aromatic N) is 2. The van der Waals surface area contributed by atoms with Gasteiger partial charge in [-0.25, -0.2) is 4.98 Å². The van der Waals surface area contributed by atoms with Crippen molar-refractivity contribution in [3.8, 4) is 0 Å². The van der Waals surface area contributed by atoms with E-state index in [-0.39, 0.29) is 5.41 Å². The number of aromatic nitrogens is 2.